The standard InChI is InChI=1S/C21H32N2O5/c1-21(2,3)28-20(24)23-15-9-19(27-6)17(23)13-22(12-15)11-14-7-8-16(25-4)10-18(14)26-5/h7-8,10,15,17,19H,9,11-13H2,1-6H3/t15-,17-,19-/m0/s1. The highest BCUT2D eigenvalue weighted by Gasteiger charge is 2.50. The number of carbonyl (C=O) groups is 1. The lowest BCUT2D eigenvalue weighted by Crippen LogP contribution is -2.57. The molecule has 2 heterocycles. The van der Waals surface area contributed by atoms with Gasteiger partial charge in [-0.15, -0.1) is 0 Å². The Labute approximate surface area is 167 Å². The van der Waals surface area contributed by atoms with E-state index in [1.54, 1.807) is 21.3 Å². The van der Waals surface area contributed by atoms with Crippen LogP contribution in [-0.4, -0.2) is 74.1 Å². The maximum Gasteiger partial charge on any atom is 0.410 e. The van der Waals surface area contributed by atoms with E-state index in [1.165, 1.54) is 0 Å². The summed E-state index contributed by atoms with van der Waals surface area (Å²) in [6.07, 6.45) is 0.612. The number of amides is 1. The van der Waals surface area contributed by atoms with E-state index in [0.29, 0.717) is 0 Å². The lowest BCUT2D eigenvalue weighted by Gasteiger charge is -2.41. The highest BCUT2D eigenvalue weighted by molar-refractivity contribution is 5.70. The molecule has 7 nitrogen and oxygen atoms in total. The number of piperazine rings is 1. The minimum absolute atomic E-state index is 0.0113. The van der Waals surface area contributed by atoms with E-state index >= 15 is 0 Å². The minimum Gasteiger partial charge on any atom is -0.497 e. The van der Waals surface area contributed by atoms with Gasteiger partial charge in [0.2, 0.25) is 0 Å². The maximum atomic E-state index is 12.8. The van der Waals surface area contributed by atoms with Gasteiger partial charge in [-0.1, -0.05) is 6.07 Å². The fourth-order valence-corrected chi connectivity index (χ4v) is 4.20. The Hall–Kier alpha value is -1.99. The van der Waals surface area contributed by atoms with Gasteiger partial charge in [0, 0.05) is 38.4 Å². The number of rotatable bonds is 5. The van der Waals surface area contributed by atoms with Crippen LogP contribution >= 0.6 is 0 Å². The van der Waals surface area contributed by atoms with Gasteiger partial charge in [0.05, 0.1) is 32.4 Å². The van der Waals surface area contributed by atoms with E-state index in [0.717, 1.165) is 43.1 Å². The molecule has 0 aromatic heterocycles. The monoisotopic (exact) mass is 392 g/mol. The molecule has 2 fully saturated rings. The number of ether oxygens (including phenoxy) is 4. The third-order valence-corrected chi connectivity index (χ3v) is 5.39. The Morgan fingerprint density at radius 3 is 2.50 bits per heavy atom. The lowest BCUT2D eigenvalue weighted by atomic mass is 10.1. The van der Waals surface area contributed by atoms with Crippen molar-refractivity contribution in [2.45, 2.75) is 57.5 Å². The van der Waals surface area contributed by atoms with E-state index in [2.05, 4.69) is 4.90 Å². The van der Waals surface area contributed by atoms with Gasteiger partial charge in [-0.25, -0.2) is 4.79 Å². The van der Waals surface area contributed by atoms with Gasteiger partial charge >= 0.3 is 6.09 Å². The molecule has 0 radical (unpaired) electrons. The second kappa shape index (κ2) is 8.17. The van der Waals surface area contributed by atoms with Crippen LogP contribution in [0.15, 0.2) is 18.2 Å². The van der Waals surface area contributed by atoms with Crippen molar-refractivity contribution in [3.8, 4) is 11.5 Å². The van der Waals surface area contributed by atoms with Crippen LogP contribution in [-0.2, 0) is 16.0 Å². The Morgan fingerprint density at radius 2 is 1.89 bits per heavy atom. The van der Waals surface area contributed by atoms with Crippen molar-refractivity contribution in [2.24, 2.45) is 0 Å². The summed E-state index contributed by atoms with van der Waals surface area (Å²) in [4.78, 5) is 17.0. The SMILES string of the molecule is COc1ccc(CN2C[C@@H]3C[C@H](OC)[C@H](C2)N3C(=O)OC(C)(C)C)c(OC)c1. The molecule has 0 N–H and O–H groups in total. The Kier molecular flexibility index (Phi) is 6.05. The number of nitrogens with zero attached hydrogens (tertiary/aromatic N) is 2. The Balaban J connectivity index is 1.74. The highest BCUT2D eigenvalue weighted by atomic mass is 16.6. The number of hydrogen-bond donors (Lipinski definition) is 0. The minimum atomic E-state index is -0.507. The summed E-state index contributed by atoms with van der Waals surface area (Å²) in [5.74, 6) is 1.58. The van der Waals surface area contributed by atoms with Crippen molar-refractivity contribution in [1.82, 2.24) is 9.80 Å². The van der Waals surface area contributed by atoms with Crippen LogP contribution < -0.4 is 9.47 Å². The summed E-state index contributed by atoms with van der Waals surface area (Å²) in [5.41, 5.74) is 0.592. The molecule has 2 aliphatic heterocycles. The average molecular weight is 392 g/mol. The molecule has 28 heavy (non-hydrogen) atoms. The third-order valence-electron chi connectivity index (χ3n) is 5.39. The molecule has 0 saturated carbocycles. The summed E-state index contributed by atoms with van der Waals surface area (Å²) < 4.78 is 22.2. The van der Waals surface area contributed by atoms with E-state index in [-0.39, 0.29) is 24.3 Å². The molecule has 2 aliphatic rings. The van der Waals surface area contributed by atoms with Crippen molar-refractivity contribution in [2.75, 3.05) is 34.4 Å². The molecule has 0 unspecified atom stereocenters. The molecule has 2 saturated heterocycles. The summed E-state index contributed by atoms with van der Waals surface area (Å²) in [5, 5.41) is 0. The zero-order chi connectivity index (χ0) is 20.5. The fraction of sp³-hybridized carbons (Fsp3) is 0.667. The predicted molar refractivity (Wildman–Crippen MR) is 106 cm³/mol. The normalized spacial score (nSPS) is 24.9. The van der Waals surface area contributed by atoms with Crippen molar-refractivity contribution in [3.05, 3.63) is 23.8 Å². The Bertz CT molecular complexity index is 703. The van der Waals surface area contributed by atoms with Crippen LogP contribution in [0, 0.1) is 0 Å². The van der Waals surface area contributed by atoms with Gasteiger partial charge in [0.25, 0.3) is 0 Å². The molecule has 2 bridgehead atoms. The number of benzene rings is 1. The summed E-state index contributed by atoms with van der Waals surface area (Å²) in [7, 11) is 5.03. The third kappa shape index (κ3) is 4.36. The summed E-state index contributed by atoms with van der Waals surface area (Å²) in [6.45, 7) is 7.96. The van der Waals surface area contributed by atoms with Crippen LogP contribution in [0.1, 0.15) is 32.8 Å². The zero-order valence-corrected chi connectivity index (χ0v) is 17.7. The fourth-order valence-electron chi connectivity index (χ4n) is 4.20. The van der Waals surface area contributed by atoms with Crippen molar-refractivity contribution in [3.63, 3.8) is 0 Å². The molecular weight excluding hydrogens is 360 g/mol. The van der Waals surface area contributed by atoms with Gasteiger partial charge in [0.15, 0.2) is 0 Å². The molecule has 156 valence electrons. The first-order valence-electron chi connectivity index (χ1n) is 9.73. The second-order valence-electron chi connectivity index (χ2n) is 8.49. The topological polar surface area (TPSA) is 60.5 Å². The van der Waals surface area contributed by atoms with Crippen LogP contribution in [0.5, 0.6) is 11.5 Å². The van der Waals surface area contributed by atoms with Crippen molar-refractivity contribution >= 4 is 6.09 Å². The lowest BCUT2D eigenvalue weighted by molar-refractivity contribution is -0.0189. The van der Waals surface area contributed by atoms with E-state index < -0.39 is 5.60 Å². The summed E-state index contributed by atoms with van der Waals surface area (Å²) >= 11 is 0. The summed E-state index contributed by atoms with van der Waals surface area (Å²) in [6, 6.07) is 5.96. The molecule has 0 aliphatic carbocycles. The highest BCUT2D eigenvalue weighted by Crippen LogP contribution is 2.35. The molecule has 7 heteroatoms. The number of methoxy groups -OCH3 is 3. The second-order valence-corrected chi connectivity index (χ2v) is 8.49. The van der Waals surface area contributed by atoms with Crippen molar-refractivity contribution < 1.29 is 23.7 Å². The first-order chi connectivity index (χ1) is 13.3. The molecular formula is C21H32N2O5. The predicted octanol–water partition coefficient (Wildman–Crippen LogP) is 2.91. The number of fused-ring (bicyclic) bond motifs is 2. The molecule has 1 aromatic carbocycles. The van der Waals surface area contributed by atoms with Gasteiger partial charge in [-0.2, -0.15) is 0 Å². The molecule has 1 amide bonds. The number of carbonyl (C=O) groups excluding carboxylic acids is 1. The maximum absolute atomic E-state index is 12.8. The molecule has 3 rings (SSSR count). The number of likely N-dealkylation sites (tertiary alicyclic amines) is 1. The zero-order valence-electron chi connectivity index (χ0n) is 17.7. The average Bonchev–Trinajstić information content (AvgIpc) is 2.87. The first kappa shape index (κ1) is 20.7. The largest absolute Gasteiger partial charge is 0.497 e. The Morgan fingerprint density at radius 1 is 1.14 bits per heavy atom. The molecule has 3 atom stereocenters. The van der Waals surface area contributed by atoms with Gasteiger partial charge < -0.3 is 18.9 Å². The first-order valence-corrected chi connectivity index (χ1v) is 9.73. The molecule has 0 spiro atoms. The quantitative estimate of drug-likeness (QED) is 0.768. The number of hydrogen-bond acceptors (Lipinski definition) is 6. The van der Waals surface area contributed by atoms with E-state index in [4.69, 9.17) is 18.9 Å². The van der Waals surface area contributed by atoms with Crippen LogP contribution in [0.2, 0.25) is 0 Å². The van der Waals surface area contributed by atoms with Crippen LogP contribution in [0.3, 0.4) is 0 Å². The smallest absolute Gasteiger partial charge is 0.410 e. The molecule has 1 aromatic rings. The van der Waals surface area contributed by atoms with Gasteiger partial charge in [0.1, 0.15) is 17.1 Å². The van der Waals surface area contributed by atoms with Crippen LogP contribution in [0.4, 0.5) is 4.79 Å². The van der Waals surface area contributed by atoms with E-state index in [1.807, 2.05) is 43.9 Å². The van der Waals surface area contributed by atoms with Crippen molar-refractivity contribution in [1.29, 1.82) is 0 Å². The van der Waals surface area contributed by atoms with E-state index in [9.17, 15) is 4.79 Å². The van der Waals surface area contributed by atoms with Gasteiger partial charge in [-0.05, 0) is 33.3 Å². The van der Waals surface area contributed by atoms with Gasteiger partial charge in [-0.3, -0.25) is 9.80 Å². The van der Waals surface area contributed by atoms with Crippen LogP contribution in [0.25, 0.3) is 0 Å².